The van der Waals surface area contributed by atoms with Gasteiger partial charge in [-0.3, -0.25) is 9.59 Å². The van der Waals surface area contributed by atoms with Crippen LogP contribution in [0.25, 0.3) is 0 Å². The van der Waals surface area contributed by atoms with E-state index in [0.717, 1.165) is 45.3 Å². The molecule has 2 amide bonds. The molecule has 144 valence electrons. The van der Waals surface area contributed by atoms with Crippen molar-refractivity contribution in [3.05, 3.63) is 29.6 Å². The molecule has 2 aliphatic heterocycles. The predicted molar refractivity (Wildman–Crippen MR) is 102 cm³/mol. The zero-order valence-corrected chi connectivity index (χ0v) is 16.3. The fourth-order valence-corrected chi connectivity index (χ4v) is 4.20. The van der Waals surface area contributed by atoms with Crippen LogP contribution in [0.15, 0.2) is 18.3 Å². The monoisotopic (exact) mass is 368 g/mol. The summed E-state index contributed by atoms with van der Waals surface area (Å²) in [5.41, 5.74) is 0.849. The Morgan fingerprint density at radius 1 is 1.33 bits per heavy atom. The molecule has 6 nitrogen and oxygen atoms in total. The summed E-state index contributed by atoms with van der Waals surface area (Å²) in [6.45, 7) is 7.35. The maximum absolute atomic E-state index is 12.9. The number of likely N-dealkylation sites (tertiary alicyclic amines) is 2. The van der Waals surface area contributed by atoms with Crippen LogP contribution in [0.3, 0.4) is 0 Å². The summed E-state index contributed by atoms with van der Waals surface area (Å²) in [5.74, 6) is 0.793. The average molecular weight is 368 g/mol. The highest BCUT2D eigenvalue weighted by molar-refractivity contribution is 5.94. The third kappa shape index (κ3) is 4.47. The number of aromatic nitrogens is 1. The molecule has 0 N–H and O–H groups in total. The third-order valence-corrected chi connectivity index (χ3v) is 5.80. The van der Waals surface area contributed by atoms with Crippen LogP contribution >= 0.6 is 0 Å². The number of carbonyl (C=O) groups is 2. The normalized spacial score (nSPS) is 23.0. The summed E-state index contributed by atoms with van der Waals surface area (Å²) >= 11 is 0. The van der Waals surface area contributed by atoms with E-state index in [2.05, 4.69) is 18.8 Å². The van der Waals surface area contributed by atoms with Crippen molar-refractivity contribution in [3.63, 3.8) is 0 Å². The zero-order valence-electron chi connectivity index (χ0n) is 16.3. The summed E-state index contributed by atoms with van der Waals surface area (Å²) in [5, 5.41) is 8.87. The Hall–Kier alpha value is -2.42. The first-order valence-electron chi connectivity index (χ1n) is 9.86. The molecule has 0 bridgehead atoms. The van der Waals surface area contributed by atoms with Crippen LogP contribution < -0.4 is 0 Å². The fourth-order valence-electron chi connectivity index (χ4n) is 4.20. The first-order valence-corrected chi connectivity index (χ1v) is 9.86. The van der Waals surface area contributed by atoms with Gasteiger partial charge in [0.05, 0.1) is 5.56 Å². The summed E-state index contributed by atoms with van der Waals surface area (Å²) in [6, 6.07) is 5.23. The highest BCUT2D eigenvalue weighted by atomic mass is 16.2. The lowest BCUT2D eigenvalue weighted by atomic mass is 9.73. The molecule has 0 aliphatic carbocycles. The van der Waals surface area contributed by atoms with Gasteiger partial charge in [-0.25, -0.2) is 4.98 Å². The molecular formula is C21H28N4O2. The van der Waals surface area contributed by atoms with Gasteiger partial charge in [0.15, 0.2) is 0 Å². The summed E-state index contributed by atoms with van der Waals surface area (Å²) in [6.07, 6.45) is 5.97. The van der Waals surface area contributed by atoms with Crippen molar-refractivity contribution >= 4 is 11.8 Å². The van der Waals surface area contributed by atoms with Crippen molar-refractivity contribution < 1.29 is 9.59 Å². The third-order valence-electron chi connectivity index (χ3n) is 5.80. The van der Waals surface area contributed by atoms with E-state index in [1.165, 1.54) is 6.20 Å². The van der Waals surface area contributed by atoms with Crippen molar-refractivity contribution in [3.8, 4) is 6.07 Å². The Labute approximate surface area is 161 Å². The van der Waals surface area contributed by atoms with Gasteiger partial charge in [0, 0.05) is 44.2 Å². The Balaban J connectivity index is 1.69. The van der Waals surface area contributed by atoms with Crippen LogP contribution in [-0.4, -0.2) is 52.8 Å². The van der Waals surface area contributed by atoms with E-state index in [-0.39, 0.29) is 17.2 Å². The van der Waals surface area contributed by atoms with Gasteiger partial charge in [-0.05, 0) is 43.7 Å². The molecule has 0 saturated carbocycles. The molecule has 2 aliphatic rings. The van der Waals surface area contributed by atoms with Gasteiger partial charge in [0.1, 0.15) is 11.8 Å². The number of nitriles is 1. The SMILES string of the molecule is CC(C)CCN1C[C@]2(CCCN(C(=O)c3ccc(C#N)nc3)C2)CCC1=O. The molecule has 0 aromatic carbocycles. The van der Waals surface area contributed by atoms with Gasteiger partial charge >= 0.3 is 0 Å². The van der Waals surface area contributed by atoms with Crippen LogP contribution in [0.2, 0.25) is 0 Å². The number of rotatable bonds is 4. The summed E-state index contributed by atoms with van der Waals surface area (Å²) in [4.78, 5) is 33.2. The number of hydrogen-bond acceptors (Lipinski definition) is 4. The molecule has 27 heavy (non-hydrogen) atoms. The molecule has 0 radical (unpaired) electrons. The first kappa shape index (κ1) is 19.3. The van der Waals surface area contributed by atoms with E-state index in [9.17, 15) is 9.59 Å². The molecule has 2 fully saturated rings. The fraction of sp³-hybridized carbons (Fsp3) is 0.619. The zero-order chi connectivity index (χ0) is 19.4. The first-order chi connectivity index (χ1) is 12.9. The van der Waals surface area contributed by atoms with Gasteiger partial charge < -0.3 is 9.80 Å². The Bertz CT molecular complexity index is 738. The van der Waals surface area contributed by atoms with Crippen molar-refractivity contribution in [1.82, 2.24) is 14.8 Å². The lowest BCUT2D eigenvalue weighted by Gasteiger charge is -2.48. The largest absolute Gasteiger partial charge is 0.342 e. The minimum atomic E-state index is -0.0308. The summed E-state index contributed by atoms with van der Waals surface area (Å²) in [7, 11) is 0. The van der Waals surface area contributed by atoms with Gasteiger partial charge in [-0.2, -0.15) is 5.26 Å². The van der Waals surface area contributed by atoms with E-state index in [0.29, 0.717) is 30.1 Å². The van der Waals surface area contributed by atoms with Crippen molar-refractivity contribution in [1.29, 1.82) is 5.26 Å². The number of nitrogens with zero attached hydrogens (tertiary/aromatic N) is 4. The van der Waals surface area contributed by atoms with Crippen LogP contribution in [0.1, 0.15) is 62.0 Å². The second-order valence-electron chi connectivity index (χ2n) is 8.37. The van der Waals surface area contributed by atoms with Crippen molar-refractivity contribution in [2.75, 3.05) is 26.2 Å². The molecular weight excluding hydrogens is 340 g/mol. The average Bonchev–Trinajstić information content (AvgIpc) is 2.68. The van der Waals surface area contributed by atoms with Crippen LogP contribution in [0.5, 0.6) is 0 Å². The van der Waals surface area contributed by atoms with Gasteiger partial charge in [-0.1, -0.05) is 13.8 Å². The maximum Gasteiger partial charge on any atom is 0.255 e. The lowest BCUT2D eigenvalue weighted by Crippen LogP contribution is -2.55. The molecule has 0 unspecified atom stereocenters. The van der Waals surface area contributed by atoms with Gasteiger partial charge in [0.2, 0.25) is 5.91 Å². The second kappa shape index (κ2) is 8.08. The Morgan fingerprint density at radius 3 is 2.81 bits per heavy atom. The highest BCUT2D eigenvalue weighted by Gasteiger charge is 2.42. The van der Waals surface area contributed by atoms with E-state index in [1.807, 2.05) is 15.9 Å². The molecule has 6 heteroatoms. The topological polar surface area (TPSA) is 77.3 Å². The number of carbonyl (C=O) groups excluding carboxylic acids is 2. The Kier molecular flexibility index (Phi) is 5.79. The van der Waals surface area contributed by atoms with Gasteiger partial charge in [-0.15, -0.1) is 0 Å². The quantitative estimate of drug-likeness (QED) is 0.819. The van der Waals surface area contributed by atoms with E-state index < -0.39 is 0 Å². The smallest absolute Gasteiger partial charge is 0.255 e. The lowest BCUT2D eigenvalue weighted by molar-refractivity contribution is -0.139. The molecule has 1 atom stereocenters. The van der Waals surface area contributed by atoms with E-state index >= 15 is 0 Å². The Morgan fingerprint density at radius 2 is 2.15 bits per heavy atom. The number of pyridine rings is 1. The molecule has 1 aromatic heterocycles. The van der Waals surface area contributed by atoms with E-state index in [4.69, 9.17) is 5.26 Å². The maximum atomic E-state index is 12.9. The standard InChI is InChI=1S/C21H28N4O2/c1-16(2)7-11-24-14-21(9-6-19(24)26)8-3-10-25(15-21)20(27)17-4-5-18(12-22)23-13-17/h4-5,13,16H,3,6-11,14-15H2,1-2H3/t21-/m0/s1. The van der Waals surface area contributed by atoms with Crippen molar-refractivity contribution in [2.24, 2.45) is 11.3 Å². The highest BCUT2D eigenvalue weighted by Crippen LogP contribution is 2.39. The predicted octanol–water partition coefficient (Wildman–Crippen LogP) is 2.84. The molecule has 3 heterocycles. The second-order valence-corrected chi connectivity index (χ2v) is 8.37. The number of amides is 2. The van der Waals surface area contributed by atoms with Crippen LogP contribution in [0.4, 0.5) is 0 Å². The molecule has 3 rings (SSSR count). The summed E-state index contributed by atoms with van der Waals surface area (Å²) < 4.78 is 0. The molecule has 1 aromatic rings. The molecule has 1 spiro atoms. The minimum absolute atomic E-state index is 0.0127. The minimum Gasteiger partial charge on any atom is -0.342 e. The van der Waals surface area contributed by atoms with Crippen molar-refractivity contribution in [2.45, 2.75) is 46.0 Å². The van der Waals surface area contributed by atoms with E-state index in [1.54, 1.807) is 12.1 Å². The number of piperidine rings is 2. The number of hydrogen-bond donors (Lipinski definition) is 0. The van der Waals surface area contributed by atoms with Crippen LogP contribution in [0, 0.1) is 22.7 Å². The van der Waals surface area contributed by atoms with Gasteiger partial charge in [0.25, 0.3) is 5.91 Å². The van der Waals surface area contributed by atoms with Crippen LogP contribution in [-0.2, 0) is 4.79 Å². The molecule has 2 saturated heterocycles.